The van der Waals surface area contributed by atoms with Crippen LogP contribution in [-0.2, 0) is 17.4 Å². The number of carbonyl (C=O) groups excluding carboxylic acids is 1. The van der Waals surface area contributed by atoms with Gasteiger partial charge in [-0.1, -0.05) is 18.2 Å². The lowest BCUT2D eigenvalue weighted by molar-refractivity contribution is -0.138. The lowest BCUT2D eigenvalue weighted by Crippen LogP contribution is -2.38. The topological polar surface area (TPSA) is 49.3 Å². The fraction of sp³-hybridized carbons (Fsp3) is 0.533. The fourth-order valence-corrected chi connectivity index (χ4v) is 2.45. The Kier molecular flexibility index (Phi) is 4.88. The number of hydrogen-bond donors (Lipinski definition) is 2. The fourth-order valence-electron chi connectivity index (χ4n) is 2.45. The lowest BCUT2D eigenvalue weighted by atomic mass is 10.0. The van der Waals surface area contributed by atoms with Gasteiger partial charge in [-0.25, -0.2) is 0 Å². The Morgan fingerprint density at radius 3 is 2.57 bits per heavy atom. The first-order valence-corrected chi connectivity index (χ1v) is 6.97. The van der Waals surface area contributed by atoms with E-state index in [1.54, 1.807) is 0 Å². The van der Waals surface area contributed by atoms with Crippen molar-refractivity contribution in [1.29, 1.82) is 0 Å². The molecule has 0 radical (unpaired) electrons. The van der Waals surface area contributed by atoms with E-state index in [4.69, 9.17) is 5.11 Å². The van der Waals surface area contributed by atoms with Crippen LogP contribution in [0.1, 0.15) is 30.4 Å². The van der Waals surface area contributed by atoms with Gasteiger partial charge in [0.1, 0.15) is 0 Å². The molecule has 0 spiro atoms. The molecule has 6 heteroatoms. The van der Waals surface area contributed by atoms with Gasteiger partial charge in [0, 0.05) is 12.6 Å². The first kappa shape index (κ1) is 15.8. The Balaban J connectivity index is 2.02. The highest BCUT2D eigenvalue weighted by Crippen LogP contribution is 2.34. The van der Waals surface area contributed by atoms with E-state index in [0.717, 1.165) is 18.9 Å². The van der Waals surface area contributed by atoms with Crippen molar-refractivity contribution < 1.29 is 23.1 Å². The molecule has 3 nitrogen and oxygen atoms in total. The molecule has 2 N–H and O–H groups in total. The highest BCUT2D eigenvalue weighted by Gasteiger charge is 2.34. The van der Waals surface area contributed by atoms with E-state index in [0.29, 0.717) is 12.3 Å². The molecule has 21 heavy (non-hydrogen) atoms. The van der Waals surface area contributed by atoms with Crippen molar-refractivity contribution in [2.75, 3.05) is 6.61 Å². The molecule has 1 saturated carbocycles. The standard InChI is InChI=1S/C15H18F3NO2/c16-15(17,18)12-4-2-1-3-11(12)9-14(21)19-13(7-8-20)10-5-6-10/h1-4,10,13,20H,5-9H2,(H,19,21). The maximum absolute atomic E-state index is 12.9. The monoisotopic (exact) mass is 301 g/mol. The second kappa shape index (κ2) is 6.47. The summed E-state index contributed by atoms with van der Waals surface area (Å²) in [7, 11) is 0. The van der Waals surface area contributed by atoms with Crippen LogP contribution in [0.2, 0.25) is 0 Å². The molecule has 1 aromatic carbocycles. The Bertz CT molecular complexity index is 498. The molecular weight excluding hydrogens is 283 g/mol. The van der Waals surface area contributed by atoms with Crippen molar-refractivity contribution in [3.63, 3.8) is 0 Å². The molecule has 2 rings (SSSR count). The summed E-state index contributed by atoms with van der Waals surface area (Å²) in [5, 5.41) is 11.7. The van der Waals surface area contributed by atoms with Crippen molar-refractivity contribution in [2.24, 2.45) is 5.92 Å². The SMILES string of the molecule is O=C(Cc1ccccc1C(F)(F)F)NC(CCO)C1CC1. The summed E-state index contributed by atoms with van der Waals surface area (Å²) < 4.78 is 38.6. The molecule has 0 aromatic heterocycles. The van der Waals surface area contributed by atoms with Crippen molar-refractivity contribution in [3.8, 4) is 0 Å². The van der Waals surface area contributed by atoms with Gasteiger partial charge in [0.05, 0.1) is 12.0 Å². The lowest BCUT2D eigenvalue weighted by Gasteiger charge is -2.18. The van der Waals surface area contributed by atoms with E-state index < -0.39 is 17.6 Å². The zero-order chi connectivity index (χ0) is 15.5. The Morgan fingerprint density at radius 2 is 2.00 bits per heavy atom. The second-order valence-corrected chi connectivity index (χ2v) is 5.36. The van der Waals surface area contributed by atoms with Gasteiger partial charge < -0.3 is 10.4 Å². The van der Waals surface area contributed by atoms with Gasteiger partial charge >= 0.3 is 6.18 Å². The number of aliphatic hydroxyl groups is 1. The van der Waals surface area contributed by atoms with Crippen molar-refractivity contribution in [1.82, 2.24) is 5.32 Å². The number of alkyl halides is 3. The van der Waals surface area contributed by atoms with E-state index in [9.17, 15) is 18.0 Å². The summed E-state index contributed by atoms with van der Waals surface area (Å²) in [6.45, 7) is -0.0411. The number of hydrogen-bond acceptors (Lipinski definition) is 2. The normalized spacial score (nSPS) is 16.6. The number of aliphatic hydroxyl groups excluding tert-OH is 1. The summed E-state index contributed by atoms with van der Waals surface area (Å²) >= 11 is 0. The van der Waals surface area contributed by atoms with Crippen LogP contribution in [0.5, 0.6) is 0 Å². The third-order valence-corrected chi connectivity index (χ3v) is 3.65. The molecule has 1 amide bonds. The number of amides is 1. The third kappa shape index (κ3) is 4.46. The van der Waals surface area contributed by atoms with E-state index in [2.05, 4.69) is 5.32 Å². The molecule has 1 aromatic rings. The van der Waals surface area contributed by atoms with E-state index >= 15 is 0 Å². The number of nitrogens with one attached hydrogen (secondary N) is 1. The second-order valence-electron chi connectivity index (χ2n) is 5.36. The molecule has 1 atom stereocenters. The minimum atomic E-state index is -4.46. The quantitative estimate of drug-likeness (QED) is 0.848. The number of carbonyl (C=O) groups is 1. The molecule has 1 aliphatic rings. The van der Waals surface area contributed by atoms with Crippen LogP contribution in [-0.4, -0.2) is 23.7 Å². The van der Waals surface area contributed by atoms with Gasteiger partial charge in [-0.15, -0.1) is 0 Å². The van der Waals surface area contributed by atoms with Gasteiger partial charge in [-0.2, -0.15) is 13.2 Å². The molecule has 1 fully saturated rings. The summed E-state index contributed by atoms with van der Waals surface area (Å²) in [6, 6.07) is 4.96. The smallest absolute Gasteiger partial charge is 0.396 e. The predicted octanol–water partition coefficient (Wildman–Crippen LogP) is 2.53. The third-order valence-electron chi connectivity index (χ3n) is 3.65. The maximum Gasteiger partial charge on any atom is 0.416 e. The van der Waals surface area contributed by atoms with E-state index in [1.807, 2.05) is 0 Å². The van der Waals surface area contributed by atoms with Crippen LogP contribution in [0.3, 0.4) is 0 Å². The zero-order valence-electron chi connectivity index (χ0n) is 11.5. The van der Waals surface area contributed by atoms with E-state index in [-0.39, 0.29) is 24.6 Å². The summed E-state index contributed by atoms with van der Waals surface area (Å²) in [5.41, 5.74) is -0.800. The Morgan fingerprint density at radius 1 is 1.33 bits per heavy atom. The predicted molar refractivity (Wildman–Crippen MR) is 71.5 cm³/mol. The van der Waals surface area contributed by atoms with Gasteiger partial charge in [0.25, 0.3) is 0 Å². The van der Waals surface area contributed by atoms with Gasteiger partial charge in [-0.3, -0.25) is 4.79 Å². The van der Waals surface area contributed by atoms with Gasteiger partial charge in [-0.05, 0) is 36.8 Å². The molecule has 1 unspecified atom stereocenters. The molecule has 0 aliphatic heterocycles. The summed E-state index contributed by atoms with van der Waals surface area (Å²) in [4.78, 5) is 11.9. The molecule has 0 saturated heterocycles. The molecule has 116 valence electrons. The molecule has 0 bridgehead atoms. The maximum atomic E-state index is 12.9. The van der Waals surface area contributed by atoms with E-state index in [1.165, 1.54) is 18.2 Å². The minimum absolute atomic E-state index is 0.0268. The highest BCUT2D eigenvalue weighted by molar-refractivity contribution is 5.79. The average Bonchev–Trinajstić information content (AvgIpc) is 3.21. The van der Waals surface area contributed by atoms with Crippen LogP contribution in [0.4, 0.5) is 13.2 Å². The Hall–Kier alpha value is -1.56. The zero-order valence-corrected chi connectivity index (χ0v) is 11.5. The van der Waals surface area contributed by atoms with Gasteiger partial charge in [0.2, 0.25) is 5.91 Å². The van der Waals surface area contributed by atoms with Crippen LogP contribution in [0, 0.1) is 5.92 Å². The minimum Gasteiger partial charge on any atom is -0.396 e. The first-order valence-electron chi connectivity index (χ1n) is 6.97. The van der Waals surface area contributed by atoms with Gasteiger partial charge in [0.15, 0.2) is 0 Å². The number of halogens is 3. The summed E-state index contributed by atoms with van der Waals surface area (Å²) in [6.07, 6.45) is -2.34. The first-order chi connectivity index (χ1) is 9.91. The van der Waals surface area contributed by atoms with Crippen LogP contribution < -0.4 is 5.32 Å². The van der Waals surface area contributed by atoms with Crippen LogP contribution in [0.15, 0.2) is 24.3 Å². The summed E-state index contributed by atoms with van der Waals surface area (Å²) in [5.74, 6) is -0.0870. The number of rotatable bonds is 6. The largest absolute Gasteiger partial charge is 0.416 e. The van der Waals surface area contributed by atoms with Crippen LogP contribution >= 0.6 is 0 Å². The molecular formula is C15H18F3NO2. The van der Waals surface area contributed by atoms with Crippen molar-refractivity contribution >= 4 is 5.91 Å². The van der Waals surface area contributed by atoms with Crippen molar-refractivity contribution in [2.45, 2.75) is 37.9 Å². The highest BCUT2D eigenvalue weighted by atomic mass is 19.4. The van der Waals surface area contributed by atoms with Crippen LogP contribution in [0.25, 0.3) is 0 Å². The Labute approximate surface area is 121 Å². The van der Waals surface area contributed by atoms with Crippen molar-refractivity contribution in [3.05, 3.63) is 35.4 Å². The average molecular weight is 301 g/mol. The molecule has 0 heterocycles. The molecule has 1 aliphatic carbocycles. The number of benzene rings is 1.